The van der Waals surface area contributed by atoms with Gasteiger partial charge in [-0.3, -0.25) is 0 Å². The number of aliphatic hydroxyl groups is 1. The summed E-state index contributed by atoms with van der Waals surface area (Å²) in [7, 11) is -3.02. The van der Waals surface area contributed by atoms with Crippen LogP contribution in [0.5, 0.6) is 0 Å². The summed E-state index contributed by atoms with van der Waals surface area (Å²) in [6, 6.07) is 19.5. The Labute approximate surface area is 174 Å². The van der Waals surface area contributed by atoms with E-state index in [1.807, 2.05) is 66.9 Å². The zero-order valence-electron chi connectivity index (χ0n) is 17.5. The molecule has 2 aromatic rings. The van der Waals surface area contributed by atoms with Crippen molar-refractivity contribution in [2.24, 2.45) is 11.3 Å². The van der Waals surface area contributed by atoms with Crippen molar-refractivity contribution in [3.8, 4) is 0 Å². The molecule has 3 rings (SSSR count). The third kappa shape index (κ3) is 4.13. The molecule has 28 heavy (non-hydrogen) atoms. The smallest absolute Gasteiger partial charge is 0.158 e. The van der Waals surface area contributed by atoms with Gasteiger partial charge >= 0.3 is 0 Å². The molecule has 0 amide bonds. The molecule has 0 aliphatic heterocycles. The van der Waals surface area contributed by atoms with Crippen molar-refractivity contribution < 1.29 is 9.67 Å². The summed E-state index contributed by atoms with van der Waals surface area (Å²) in [5.74, 6) is 0.600. The molecule has 0 aromatic heterocycles. The highest BCUT2D eigenvalue weighted by Crippen LogP contribution is 2.60. The summed E-state index contributed by atoms with van der Waals surface area (Å²) in [4.78, 5) is -0.342. The Morgan fingerprint density at radius 3 is 1.75 bits per heavy atom. The van der Waals surface area contributed by atoms with Crippen LogP contribution in [0.15, 0.2) is 60.7 Å². The van der Waals surface area contributed by atoms with E-state index in [-0.39, 0.29) is 10.4 Å². The summed E-state index contributed by atoms with van der Waals surface area (Å²) in [6.45, 7) is 6.85. The van der Waals surface area contributed by atoms with Gasteiger partial charge < -0.3 is 9.67 Å². The van der Waals surface area contributed by atoms with Crippen LogP contribution in [0.3, 0.4) is 0 Å². The molecule has 2 aromatic carbocycles. The van der Waals surface area contributed by atoms with Gasteiger partial charge in [0, 0.05) is 10.6 Å². The molecular weight excluding hydrogens is 383 g/mol. The minimum absolute atomic E-state index is 0.249. The van der Waals surface area contributed by atoms with E-state index in [1.165, 1.54) is 0 Å². The molecule has 0 heterocycles. The summed E-state index contributed by atoms with van der Waals surface area (Å²) in [6.07, 6.45) is 5.40. The van der Waals surface area contributed by atoms with E-state index in [1.54, 1.807) is 11.8 Å². The van der Waals surface area contributed by atoms with Crippen LogP contribution in [0.2, 0.25) is 0 Å². The zero-order valence-corrected chi connectivity index (χ0v) is 19.2. The van der Waals surface area contributed by atoms with Crippen molar-refractivity contribution in [2.75, 3.05) is 6.26 Å². The van der Waals surface area contributed by atoms with Crippen molar-refractivity contribution in [1.82, 2.24) is 0 Å². The monoisotopic (exact) mass is 416 g/mol. The maximum absolute atomic E-state index is 14.7. The molecular formula is C24H33O2PS. The van der Waals surface area contributed by atoms with Gasteiger partial charge in [0.05, 0.1) is 10.6 Å². The lowest BCUT2D eigenvalue weighted by Crippen LogP contribution is -2.47. The highest BCUT2D eigenvalue weighted by Gasteiger charge is 2.51. The molecule has 1 aliphatic rings. The summed E-state index contributed by atoms with van der Waals surface area (Å²) in [5, 5.41) is 13.5. The average molecular weight is 417 g/mol. The van der Waals surface area contributed by atoms with Gasteiger partial charge in [0.15, 0.2) is 7.14 Å². The van der Waals surface area contributed by atoms with Crippen molar-refractivity contribution in [3.63, 3.8) is 0 Å². The topological polar surface area (TPSA) is 37.3 Å². The third-order valence-electron chi connectivity index (χ3n) is 6.37. The first-order valence-corrected chi connectivity index (χ1v) is 13.2. The third-order valence-corrected chi connectivity index (χ3v) is 12.0. The fourth-order valence-corrected chi connectivity index (χ4v) is 10.3. The standard InChI is InChI=1S/C24H33O2PS/c1-23(2,3)19-15-17-24(25,18-16-19)22(28-4)27(26,20-11-7-5-8-12-20)21-13-9-6-10-14-21/h5-14,19,22,25H,15-18H2,1-4H3. The van der Waals surface area contributed by atoms with Gasteiger partial charge in [0.1, 0.15) is 0 Å². The van der Waals surface area contributed by atoms with Gasteiger partial charge in [-0.25, -0.2) is 0 Å². The fraction of sp³-hybridized carbons (Fsp3) is 0.500. The molecule has 1 atom stereocenters. The van der Waals surface area contributed by atoms with Gasteiger partial charge in [-0.15, -0.1) is 0 Å². The molecule has 1 aliphatic carbocycles. The molecule has 0 saturated heterocycles. The number of hydrogen-bond acceptors (Lipinski definition) is 3. The van der Waals surface area contributed by atoms with Crippen LogP contribution < -0.4 is 10.6 Å². The fourth-order valence-electron chi connectivity index (χ4n) is 4.66. The van der Waals surface area contributed by atoms with E-state index in [4.69, 9.17) is 0 Å². The van der Waals surface area contributed by atoms with Gasteiger partial charge in [-0.2, -0.15) is 11.8 Å². The normalized spacial score (nSPS) is 24.7. The van der Waals surface area contributed by atoms with E-state index in [0.29, 0.717) is 18.8 Å². The highest BCUT2D eigenvalue weighted by molar-refractivity contribution is 8.08. The molecule has 1 saturated carbocycles. The predicted octanol–water partition coefficient (Wildman–Crippen LogP) is 5.66. The van der Waals surface area contributed by atoms with Crippen LogP contribution in [-0.2, 0) is 4.57 Å². The quantitative estimate of drug-likeness (QED) is 0.639. The first-order valence-electron chi connectivity index (χ1n) is 10.2. The molecule has 0 spiro atoms. The van der Waals surface area contributed by atoms with Crippen LogP contribution in [0.4, 0.5) is 0 Å². The summed E-state index contributed by atoms with van der Waals surface area (Å²) < 4.78 is 14.7. The second-order valence-corrected chi connectivity index (χ2v) is 13.3. The average Bonchev–Trinajstić information content (AvgIpc) is 2.69. The Kier molecular flexibility index (Phi) is 6.49. The Balaban J connectivity index is 2.03. The van der Waals surface area contributed by atoms with E-state index in [2.05, 4.69) is 20.8 Å². The first kappa shape index (κ1) is 21.7. The largest absolute Gasteiger partial charge is 0.388 e. The van der Waals surface area contributed by atoms with E-state index < -0.39 is 12.7 Å². The van der Waals surface area contributed by atoms with Crippen molar-refractivity contribution >= 4 is 29.5 Å². The Morgan fingerprint density at radius 1 is 0.964 bits per heavy atom. The predicted molar refractivity (Wildman–Crippen MR) is 123 cm³/mol. The molecule has 1 fully saturated rings. The first-order chi connectivity index (χ1) is 13.2. The van der Waals surface area contributed by atoms with Crippen LogP contribution in [-0.4, -0.2) is 22.0 Å². The van der Waals surface area contributed by atoms with Crippen LogP contribution in [0, 0.1) is 11.3 Å². The van der Waals surface area contributed by atoms with Crippen LogP contribution in [0.1, 0.15) is 46.5 Å². The van der Waals surface area contributed by atoms with E-state index in [0.717, 1.165) is 23.5 Å². The van der Waals surface area contributed by atoms with E-state index >= 15 is 0 Å². The lowest BCUT2D eigenvalue weighted by molar-refractivity contribution is -0.0130. The molecule has 0 radical (unpaired) electrons. The van der Waals surface area contributed by atoms with Gasteiger partial charge in [-0.05, 0) is 43.3 Å². The van der Waals surface area contributed by atoms with E-state index in [9.17, 15) is 9.67 Å². The number of benzene rings is 2. The van der Waals surface area contributed by atoms with Gasteiger partial charge in [-0.1, -0.05) is 81.4 Å². The Morgan fingerprint density at radius 2 is 1.39 bits per heavy atom. The molecule has 1 N–H and O–H groups in total. The number of thioether (sulfide) groups is 1. The Bertz CT molecular complexity index is 762. The van der Waals surface area contributed by atoms with Gasteiger partial charge in [0.2, 0.25) is 0 Å². The van der Waals surface area contributed by atoms with Crippen molar-refractivity contribution in [1.29, 1.82) is 0 Å². The second-order valence-electron chi connectivity index (χ2n) is 9.16. The summed E-state index contributed by atoms with van der Waals surface area (Å²) in [5.41, 5.74) is -0.666. The number of hydrogen-bond donors (Lipinski definition) is 1. The number of rotatable bonds is 5. The SMILES string of the molecule is CSC(C1(O)CCC(C(C)(C)C)CC1)P(=O)(c1ccccc1)c1ccccc1. The van der Waals surface area contributed by atoms with Crippen molar-refractivity contribution in [2.45, 2.75) is 57.0 Å². The summed E-state index contributed by atoms with van der Waals surface area (Å²) >= 11 is 1.57. The lowest BCUT2D eigenvalue weighted by Gasteiger charge is -2.46. The highest BCUT2D eigenvalue weighted by atomic mass is 32.2. The zero-order chi connectivity index (χ0) is 20.4. The van der Waals surface area contributed by atoms with Crippen molar-refractivity contribution in [3.05, 3.63) is 60.7 Å². The molecule has 1 unspecified atom stereocenters. The minimum atomic E-state index is -3.02. The van der Waals surface area contributed by atoms with Gasteiger partial charge in [0.25, 0.3) is 0 Å². The Hall–Kier alpha value is -1.02. The van der Waals surface area contributed by atoms with Crippen LogP contribution in [0.25, 0.3) is 0 Å². The molecule has 4 heteroatoms. The molecule has 2 nitrogen and oxygen atoms in total. The maximum atomic E-state index is 14.7. The second kappa shape index (κ2) is 8.38. The molecule has 152 valence electrons. The maximum Gasteiger partial charge on any atom is 0.158 e. The lowest BCUT2D eigenvalue weighted by atomic mass is 9.69. The minimum Gasteiger partial charge on any atom is -0.388 e. The molecule has 0 bridgehead atoms. The van der Waals surface area contributed by atoms with Crippen LogP contribution >= 0.6 is 18.9 Å².